The van der Waals surface area contributed by atoms with Crippen LogP contribution in [0.4, 0.5) is 0 Å². The van der Waals surface area contributed by atoms with Crippen LogP contribution in [0.2, 0.25) is 0 Å². The molecular weight excluding hydrogens is 276 g/mol. The van der Waals surface area contributed by atoms with Crippen molar-refractivity contribution in [2.24, 2.45) is 0 Å². The van der Waals surface area contributed by atoms with Gasteiger partial charge >= 0.3 is 0 Å². The summed E-state index contributed by atoms with van der Waals surface area (Å²) in [4.78, 5) is 0. The fourth-order valence-electron chi connectivity index (χ4n) is 3.46. The Hall–Kier alpha value is -1.56. The van der Waals surface area contributed by atoms with Crippen molar-refractivity contribution in [3.05, 3.63) is 69.8 Å². The number of rotatable bonds is 2. The minimum Gasteiger partial charge on any atom is -0.0617 e. The van der Waals surface area contributed by atoms with Gasteiger partial charge in [-0.3, -0.25) is 0 Å². The zero-order chi connectivity index (χ0) is 17.4. The van der Waals surface area contributed by atoms with E-state index in [-0.39, 0.29) is 10.8 Å². The summed E-state index contributed by atoms with van der Waals surface area (Å²) < 4.78 is 0. The van der Waals surface area contributed by atoms with Crippen LogP contribution < -0.4 is 0 Å². The Kier molecular flexibility index (Phi) is 4.76. The van der Waals surface area contributed by atoms with Crippen molar-refractivity contribution < 1.29 is 0 Å². The first-order chi connectivity index (χ1) is 10.5. The molecule has 0 bridgehead atoms. The smallest absolute Gasteiger partial charge is 0.00146 e. The summed E-state index contributed by atoms with van der Waals surface area (Å²) in [6.45, 7) is 18.4. The second-order valence-corrected chi connectivity index (χ2v) is 8.88. The van der Waals surface area contributed by atoms with Crippen molar-refractivity contribution in [1.82, 2.24) is 0 Å². The van der Waals surface area contributed by atoms with E-state index in [1.165, 1.54) is 33.4 Å². The van der Waals surface area contributed by atoms with Gasteiger partial charge in [-0.2, -0.15) is 0 Å². The minimum atomic E-state index is 0.173. The zero-order valence-electron chi connectivity index (χ0n) is 16.2. The first-order valence-corrected chi connectivity index (χ1v) is 8.70. The van der Waals surface area contributed by atoms with Crippen molar-refractivity contribution in [3.8, 4) is 0 Å². The zero-order valence-corrected chi connectivity index (χ0v) is 16.2. The second-order valence-electron chi connectivity index (χ2n) is 8.88. The highest BCUT2D eigenvalue weighted by molar-refractivity contribution is 5.47. The molecule has 0 fully saturated rings. The largest absolute Gasteiger partial charge is 0.0617 e. The normalized spacial score (nSPS) is 12.5. The fourth-order valence-corrected chi connectivity index (χ4v) is 3.46. The maximum atomic E-state index is 2.31. The van der Waals surface area contributed by atoms with E-state index in [1.54, 1.807) is 0 Å². The van der Waals surface area contributed by atoms with E-state index in [0.29, 0.717) is 0 Å². The second kappa shape index (κ2) is 6.15. The molecule has 2 aromatic rings. The Balaban J connectivity index is 2.62. The minimum absolute atomic E-state index is 0.173. The lowest BCUT2D eigenvalue weighted by atomic mass is 9.77. The van der Waals surface area contributed by atoms with Gasteiger partial charge in [-0.1, -0.05) is 77.9 Å². The Labute approximate surface area is 143 Å². The summed E-state index contributed by atoms with van der Waals surface area (Å²) in [6.07, 6.45) is 1.03. The Bertz CT molecular complexity index is 629. The van der Waals surface area contributed by atoms with Crippen molar-refractivity contribution in [2.75, 3.05) is 0 Å². The molecule has 0 saturated carbocycles. The van der Waals surface area contributed by atoms with Crippen LogP contribution >= 0.6 is 0 Å². The first-order valence-electron chi connectivity index (χ1n) is 8.70. The number of hydrogen-bond acceptors (Lipinski definition) is 0. The summed E-state index contributed by atoms with van der Waals surface area (Å²) in [5.41, 5.74) is 9.10. The molecule has 0 radical (unpaired) electrons. The van der Waals surface area contributed by atoms with E-state index >= 15 is 0 Å². The third kappa shape index (κ3) is 3.86. The van der Waals surface area contributed by atoms with E-state index in [4.69, 9.17) is 0 Å². The van der Waals surface area contributed by atoms with Gasteiger partial charge in [-0.25, -0.2) is 0 Å². The molecule has 0 aliphatic heterocycles. The maximum Gasteiger partial charge on any atom is -0.00146 e. The molecule has 0 aliphatic carbocycles. The maximum absolute atomic E-state index is 2.31. The van der Waals surface area contributed by atoms with Crippen LogP contribution in [0.1, 0.15) is 74.9 Å². The summed E-state index contributed by atoms with van der Waals surface area (Å²) in [5.74, 6) is 0. The monoisotopic (exact) mass is 308 g/mol. The van der Waals surface area contributed by atoms with Crippen molar-refractivity contribution >= 4 is 0 Å². The first kappa shape index (κ1) is 17.8. The molecule has 0 unspecified atom stereocenters. The van der Waals surface area contributed by atoms with Crippen molar-refractivity contribution in [3.63, 3.8) is 0 Å². The van der Waals surface area contributed by atoms with E-state index in [9.17, 15) is 0 Å². The predicted octanol–water partition coefficient (Wildman–Crippen LogP) is 6.49. The topological polar surface area (TPSA) is 0 Å². The number of hydrogen-bond donors (Lipinski definition) is 0. The Morgan fingerprint density at radius 2 is 0.957 bits per heavy atom. The predicted molar refractivity (Wildman–Crippen MR) is 103 cm³/mol. The Morgan fingerprint density at radius 1 is 0.609 bits per heavy atom. The van der Waals surface area contributed by atoms with Crippen LogP contribution in [-0.4, -0.2) is 0 Å². The molecule has 0 aliphatic rings. The summed E-state index contributed by atoms with van der Waals surface area (Å²) >= 11 is 0. The molecule has 0 aromatic heterocycles. The van der Waals surface area contributed by atoms with Gasteiger partial charge in [0.1, 0.15) is 0 Å². The van der Waals surface area contributed by atoms with Crippen LogP contribution in [-0.2, 0) is 17.3 Å². The standard InChI is InChI=1S/C23H32/c1-16-11-9-13-20(22(3,4)5)18(16)15-19-17(2)12-10-14-21(19)23(6,7)8/h9-14H,15H2,1-8H3. The molecule has 0 atom stereocenters. The molecule has 0 heteroatoms. The molecule has 23 heavy (non-hydrogen) atoms. The van der Waals surface area contributed by atoms with Gasteiger partial charge in [0.15, 0.2) is 0 Å². The average Bonchev–Trinajstić information content (AvgIpc) is 2.40. The van der Waals surface area contributed by atoms with Gasteiger partial charge in [-0.05, 0) is 64.5 Å². The summed E-state index contributed by atoms with van der Waals surface area (Å²) in [7, 11) is 0. The third-order valence-corrected chi connectivity index (χ3v) is 4.79. The van der Waals surface area contributed by atoms with Crippen molar-refractivity contribution in [1.29, 1.82) is 0 Å². The highest BCUT2D eigenvalue weighted by Crippen LogP contribution is 2.34. The van der Waals surface area contributed by atoms with Crippen LogP contribution in [0.15, 0.2) is 36.4 Å². The van der Waals surface area contributed by atoms with Gasteiger partial charge in [0, 0.05) is 0 Å². The molecule has 2 aromatic carbocycles. The van der Waals surface area contributed by atoms with Gasteiger partial charge in [0.05, 0.1) is 0 Å². The van der Waals surface area contributed by atoms with Gasteiger partial charge in [0.2, 0.25) is 0 Å². The lowest BCUT2D eigenvalue weighted by molar-refractivity contribution is 0.576. The summed E-state index contributed by atoms with van der Waals surface area (Å²) in [5, 5.41) is 0. The SMILES string of the molecule is Cc1cccc(C(C)(C)C)c1Cc1c(C)cccc1C(C)(C)C. The third-order valence-electron chi connectivity index (χ3n) is 4.79. The van der Waals surface area contributed by atoms with Crippen LogP contribution in [0.3, 0.4) is 0 Å². The lowest BCUT2D eigenvalue weighted by Crippen LogP contribution is -2.18. The molecule has 0 amide bonds. The molecule has 0 N–H and O–H groups in total. The number of aryl methyl sites for hydroxylation is 2. The van der Waals surface area contributed by atoms with Crippen LogP contribution in [0.5, 0.6) is 0 Å². The quantitative estimate of drug-likeness (QED) is 0.595. The fraction of sp³-hybridized carbons (Fsp3) is 0.478. The molecule has 2 rings (SSSR count). The van der Waals surface area contributed by atoms with Gasteiger partial charge in [0.25, 0.3) is 0 Å². The highest BCUT2D eigenvalue weighted by atomic mass is 14.3. The molecule has 0 nitrogen and oxygen atoms in total. The van der Waals surface area contributed by atoms with E-state index in [0.717, 1.165) is 6.42 Å². The molecular formula is C23H32. The molecule has 0 spiro atoms. The van der Waals surface area contributed by atoms with Gasteiger partial charge in [-0.15, -0.1) is 0 Å². The average molecular weight is 309 g/mol. The van der Waals surface area contributed by atoms with Crippen molar-refractivity contribution in [2.45, 2.75) is 72.6 Å². The molecule has 124 valence electrons. The van der Waals surface area contributed by atoms with E-state index in [1.807, 2.05) is 0 Å². The Morgan fingerprint density at radius 3 is 1.26 bits per heavy atom. The number of benzene rings is 2. The highest BCUT2D eigenvalue weighted by Gasteiger charge is 2.23. The van der Waals surface area contributed by atoms with Gasteiger partial charge < -0.3 is 0 Å². The summed E-state index contributed by atoms with van der Waals surface area (Å²) in [6, 6.07) is 13.5. The molecule has 0 heterocycles. The molecule has 0 saturated heterocycles. The van der Waals surface area contributed by atoms with E-state index < -0.39 is 0 Å². The van der Waals surface area contributed by atoms with Crippen LogP contribution in [0.25, 0.3) is 0 Å². The van der Waals surface area contributed by atoms with E-state index in [2.05, 4.69) is 91.8 Å². The lowest BCUT2D eigenvalue weighted by Gasteiger charge is -2.28. The van der Waals surface area contributed by atoms with Crippen LogP contribution in [0, 0.1) is 13.8 Å².